The van der Waals surface area contributed by atoms with Gasteiger partial charge in [-0.1, -0.05) is 30.3 Å². The first-order chi connectivity index (χ1) is 12.2. The van der Waals surface area contributed by atoms with E-state index in [4.69, 9.17) is 14.2 Å². The Balaban J connectivity index is 2.17. The summed E-state index contributed by atoms with van der Waals surface area (Å²) >= 11 is 3.48. The lowest BCUT2D eigenvalue weighted by molar-refractivity contribution is 0.0936. The van der Waals surface area contributed by atoms with Gasteiger partial charge >= 0.3 is 0 Å². The van der Waals surface area contributed by atoms with E-state index in [1.165, 1.54) is 0 Å². The zero-order valence-electron chi connectivity index (χ0n) is 14.4. The molecule has 1 N–H and O–H groups in total. The maximum absolute atomic E-state index is 12.2. The minimum Gasteiger partial charge on any atom is -0.490 e. The van der Waals surface area contributed by atoms with Crippen molar-refractivity contribution in [3.05, 3.63) is 58.1 Å². The van der Waals surface area contributed by atoms with E-state index in [0.717, 1.165) is 5.56 Å². The van der Waals surface area contributed by atoms with Crippen molar-refractivity contribution < 1.29 is 19.0 Å². The number of hydrogen-bond acceptors (Lipinski definition) is 4. The van der Waals surface area contributed by atoms with Crippen molar-refractivity contribution in [1.29, 1.82) is 0 Å². The molecular weight excluding hydrogens is 386 g/mol. The summed E-state index contributed by atoms with van der Waals surface area (Å²) in [6, 6.07) is 13.3. The first-order valence-corrected chi connectivity index (χ1v) is 8.85. The predicted molar refractivity (Wildman–Crippen MR) is 100 cm³/mol. The van der Waals surface area contributed by atoms with Crippen LogP contribution in [0.2, 0.25) is 0 Å². The molecule has 0 bridgehead atoms. The first-order valence-electron chi connectivity index (χ1n) is 8.06. The highest BCUT2D eigenvalue weighted by Crippen LogP contribution is 2.37. The van der Waals surface area contributed by atoms with Gasteiger partial charge in [0.05, 0.1) is 17.7 Å². The third-order valence-corrected chi connectivity index (χ3v) is 3.98. The lowest BCUT2D eigenvalue weighted by Gasteiger charge is -2.15. The summed E-state index contributed by atoms with van der Waals surface area (Å²) in [6.07, 6.45) is 0. The number of hydrogen-bond donors (Lipinski definition) is 1. The highest BCUT2D eigenvalue weighted by molar-refractivity contribution is 9.10. The van der Waals surface area contributed by atoms with E-state index in [0.29, 0.717) is 47.9 Å². The molecule has 25 heavy (non-hydrogen) atoms. The van der Waals surface area contributed by atoms with E-state index in [1.54, 1.807) is 19.2 Å². The largest absolute Gasteiger partial charge is 0.490 e. The van der Waals surface area contributed by atoms with Crippen molar-refractivity contribution in [2.24, 2.45) is 0 Å². The normalized spacial score (nSPS) is 10.4. The Morgan fingerprint density at radius 1 is 1.16 bits per heavy atom. The quantitative estimate of drug-likeness (QED) is 0.642. The molecule has 0 fully saturated rings. The van der Waals surface area contributed by atoms with Gasteiger partial charge in [-0.2, -0.15) is 0 Å². The van der Waals surface area contributed by atoms with Gasteiger partial charge in [-0.25, -0.2) is 0 Å². The molecule has 0 aliphatic heterocycles. The minimum absolute atomic E-state index is 0.187. The van der Waals surface area contributed by atoms with Crippen LogP contribution >= 0.6 is 15.9 Å². The van der Waals surface area contributed by atoms with Gasteiger partial charge in [-0.15, -0.1) is 0 Å². The van der Waals surface area contributed by atoms with Gasteiger partial charge in [0.15, 0.2) is 11.5 Å². The van der Waals surface area contributed by atoms with E-state index < -0.39 is 0 Å². The van der Waals surface area contributed by atoms with Gasteiger partial charge in [0, 0.05) is 19.2 Å². The van der Waals surface area contributed by atoms with E-state index in [1.807, 2.05) is 37.3 Å². The van der Waals surface area contributed by atoms with Crippen LogP contribution in [-0.4, -0.2) is 32.8 Å². The summed E-state index contributed by atoms with van der Waals surface area (Å²) in [6.45, 7) is 3.69. The Labute approximate surface area is 156 Å². The van der Waals surface area contributed by atoms with Crippen LogP contribution in [-0.2, 0) is 11.3 Å². The molecule has 2 rings (SSSR count). The number of carbonyl (C=O) groups is 1. The van der Waals surface area contributed by atoms with Crippen LogP contribution in [0.25, 0.3) is 0 Å². The SMILES string of the molecule is CCOc1cc(C(=O)NCCOC)cc(Br)c1OCc1ccccc1. The Bertz CT molecular complexity index is 691. The summed E-state index contributed by atoms with van der Waals surface area (Å²) in [7, 11) is 1.59. The van der Waals surface area contributed by atoms with E-state index >= 15 is 0 Å². The lowest BCUT2D eigenvalue weighted by Crippen LogP contribution is -2.27. The molecule has 0 unspecified atom stereocenters. The van der Waals surface area contributed by atoms with Crippen LogP contribution in [0, 0.1) is 0 Å². The second-order valence-corrected chi connectivity index (χ2v) is 6.10. The molecule has 0 saturated carbocycles. The van der Waals surface area contributed by atoms with Crippen LogP contribution < -0.4 is 14.8 Å². The Morgan fingerprint density at radius 2 is 1.92 bits per heavy atom. The maximum Gasteiger partial charge on any atom is 0.251 e. The van der Waals surface area contributed by atoms with Crippen LogP contribution in [0.1, 0.15) is 22.8 Å². The second-order valence-electron chi connectivity index (χ2n) is 5.24. The molecule has 5 nitrogen and oxygen atoms in total. The maximum atomic E-state index is 12.2. The fourth-order valence-electron chi connectivity index (χ4n) is 2.20. The Morgan fingerprint density at radius 3 is 2.60 bits per heavy atom. The van der Waals surface area contributed by atoms with Crippen molar-refractivity contribution in [1.82, 2.24) is 5.32 Å². The van der Waals surface area contributed by atoms with Crippen molar-refractivity contribution in [3.8, 4) is 11.5 Å². The average Bonchev–Trinajstić information content (AvgIpc) is 2.62. The average molecular weight is 408 g/mol. The molecule has 6 heteroatoms. The molecular formula is C19H22BrNO4. The van der Waals surface area contributed by atoms with Gasteiger partial charge in [0.1, 0.15) is 6.61 Å². The Kier molecular flexibility index (Phi) is 7.76. The third-order valence-electron chi connectivity index (χ3n) is 3.39. The summed E-state index contributed by atoms with van der Waals surface area (Å²) in [5, 5.41) is 2.79. The Hall–Kier alpha value is -2.05. The molecule has 0 aliphatic rings. The monoisotopic (exact) mass is 407 g/mol. The number of benzene rings is 2. The summed E-state index contributed by atoms with van der Waals surface area (Å²) in [4.78, 5) is 12.2. The molecule has 0 atom stereocenters. The number of rotatable bonds is 9. The van der Waals surface area contributed by atoms with Gasteiger partial charge in [0.25, 0.3) is 5.91 Å². The third kappa shape index (κ3) is 5.76. The van der Waals surface area contributed by atoms with Crippen LogP contribution in [0.5, 0.6) is 11.5 Å². The molecule has 0 heterocycles. The van der Waals surface area contributed by atoms with Crippen LogP contribution in [0.4, 0.5) is 0 Å². The molecule has 0 aromatic heterocycles. The van der Waals surface area contributed by atoms with Gasteiger partial charge in [0.2, 0.25) is 0 Å². The van der Waals surface area contributed by atoms with Crippen LogP contribution in [0.3, 0.4) is 0 Å². The number of amides is 1. The molecule has 2 aromatic carbocycles. The standard InChI is InChI=1S/C19H22BrNO4/c1-3-24-17-12-15(19(22)21-9-10-23-2)11-16(20)18(17)25-13-14-7-5-4-6-8-14/h4-8,11-12H,3,9-10,13H2,1-2H3,(H,21,22). The predicted octanol–water partition coefficient (Wildman–Crippen LogP) is 3.80. The molecule has 0 radical (unpaired) electrons. The minimum atomic E-state index is -0.187. The van der Waals surface area contributed by atoms with Crippen molar-refractivity contribution in [2.75, 3.05) is 26.9 Å². The van der Waals surface area contributed by atoms with Crippen molar-refractivity contribution in [2.45, 2.75) is 13.5 Å². The molecule has 0 spiro atoms. The van der Waals surface area contributed by atoms with E-state index in [9.17, 15) is 4.79 Å². The molecule has 134 valence electrons. The number of ether oxygens (including phenoxy) is 3. The lowest BCUT2D eigenvalue weighted by atomic mass is 10.2. The van der Waals surface area contributed by atoms with Crippen molar-refractivity contribution >= 4 is 21.8 Å². The highest BCUT2D eigenvalue weighted by atomic mass is 79.9. The zero-order chi connectivity index (χ0) is 18.1. The number of methoxy groups -OCH3 is 1. The molecule has 2 aromatic rings. The number of halogens is 1. The smallest absolute Gasteiger partial charge is 0.251 e. The van der Waals surface area contributed by atoms with Gasteiger partial charge in [-0.3, -0.25) is 4.79 Å². The van der Waals surface area contributed by atoms with Gasteiger partial charge in [-0.05, 0) is 40.5 Å². The topological polar surface area (TPSA) is 56.8 Å². The van der Waals surface area contributed by atoms with E-state index in [-0.39, 0.29) is 5.91 Å². The van der Waals surface area contributed by atoms with Gasteiger partial charge < -0.3 is 19.5 Å². The molecule has 0 aliphatic carbocycles. The summed E-state index contributed by atoms with van der Waals surface area (Å²) < 4.78 is 17.2. The number of carbonyl (C=O) groups excluding carboxylic acids is 1. The highest BCUT2D eigenvalue weighted by Gasteiger charge is 2.16. The fourth-order valence-corrected chi connectivity index (χ4v) is 2.76. The molecule has 1 amide bonds. The number of nitrogens with one attached hydrogen (secondary N) is 1. The molecule has 0 saturated heterocycles. The van der Waals surface area contributed by atoms with Crippen molar-refractivity contribution in [3.63, 3.8) is 0 Å². The fraction of sp³-hybridized carbons (Fsp3) is 0.316. The van der Waals surface area contributed by atoms with Crippen LogP contribution in [0.15, 0.2) is 46.9 Å². The first kappa shape index (κ1) is 19.3. The second kappa shape index (κ2) is 10.1. The van der Waals surface area contributed by atoms with E-state index in [2.05, 4.69) is 21.2 Å². The summed E-state index contributed by atoms with van der Waals surface area (Å²) in [5.74, 6) is 0.928. The summed E-state index contributed by atoms with van der Waals surface area (Å²) in [5.41, 5.74) is 1.55. The zero-order valence-corrected chi connectivity index (χ0v) is 16.0.